The quantitative estimate of drug-likeness (QED) is 0.202. The first kappa shape index (κ1) is 23.0. The van der Waals surface area contributed by atoms with E-state index in [1.807, 2.05) is 0 Å². The molecule has 0 fully saturated rings. The molecule has 160 valence electrons. The van der Waals surface area contributed by atoms with Gasteiger partial charge in [0.1, 0.15) is 0 Å². The van der Waals surface area contributed by atoms with Crippen LogP contribution in [0.4, 0.5) is 0 Å². The Morgan fingerprint density at radius 1 is 0.645 bits per heavy atom. The molecule has 2 atom stereocenters. The molecule has 6 rings (SSSR count). The molecule has 0 aromatic carbocycles. The summed E-state index contributed by atoms with van der Waals surface area (Å²) in [6.07, 6.45) is 19.6. The minimum atomic E-state index is 0. The van der Waals surface area contributed by atoms with E-state index in [-0.39, 0.29) is 25.8 Å². The van der Waals surface area contributed by atoms with E-state index in [1.54, 1.807) is 22.3 Å². The Labute approximate surface area is 208 Å². The maximum Gasteiger partial charge on any atom is 0 e. The van der Waals surface area contributed by atoms with E-state index >= 15 is 0 Å². The van der Waals surface area contributed by atoms with Crippen LogP contribution in [-0.2, 0) is 25.8 Å². The van der Waals surface area contributed by atoms with Crippen LogP contribution in [-0.4, -0.2) is 0 Å². The average molecular weight is 573 g/mol. The van der Waals surface area contributed by atoms with Gasteiger partial charge in [-0.2, -0.15) is 45.6 Å². The monoisotopic (exact) mass is 574 g/mol. The molecule has 0 spiro atoms. The molecule has 6 aliphatic carbocycles. The summed E-state index contributed by atoms with van der Waals surface area (Å²) in [4.78, 5) is 0. The van der Waals surface area contributed by atoms with Crippen molar-refractivity contribution in [2.75, 3.05) is 0 Å². The molecule has 0 saturated carbocycles. The van der Waals surface area contributed by atoms with E-state index in [9.17, 15) is 0 Å². The van der Waals surface area contributed by atoms with Gasteiger partial charge in [0.15, 0.2) is 0 Å². The summed E-state index contributed by atoms with van der Waals surface area (Å²) >= 11 is 0. The Bertz CT molecular complexity index is 999. The number of allylic oxidation sites excluding steroid dienone is 16. The third-order valence-electron chi connectivity index (χ3n) is 8.11. The van der Waals surface area contributed by atoms with Crippen LogP contribution >= 0.6 is 0 Å². The summed E-state index contributed by atoms with van der Waals surface area (Å²) < 4.78 is 0. The van der Waals surface area contributed by atoms with Crippen LogP contribution in [0.5, 0.6) is 0 Å². The zero-order chi connectivity index (χ0) is 21.2. The number of hydrogen-bond acceptors (Lipinski definition) is 0. The molecule has 31 heavy (non-hydrogen) atoms. The Hall–Kier alpha value is -1.21. The van der Waals surface area contributed by atoms with Gasteiger partial charge in [-0.1, -0.05) is 63.8 Å². The Balaban J connectivity index is 0.000000144. The van der Waals surface area contributed by atoms with Crippen LogP contribution < -0.4 is 0 Å². The Kier molecular flexibility index (Phi) is 6.39. The van der Waals surface area contributed by atoms with E-state index in [4.69, 9.17) is 0 Å². The van der Waals surface area contributed by atoms with E-state index in [0.717, 1.165) is 0 Å². The summed E-state index contributed by atoms with van der Waals surface area (Å²) in [5.41, 5.74) is 18.2. The number of hydrogen-bond donors (Lipinski definition) is 0. The van der Waals surface area contributed by atoms with Gasteiger partial charge < -0.3 is 0 Å². The van der Waals surface area contributed by atoms with Gasteiger partial charge in [0.2, 0.25) is 0 Å². The van der Waals surface area contributed by atoms with Gasteiger partial charge in [0, 0.05) is 25.8 Å². The minimum Gasteiger partial charge on any atom is -0.204 e. The van der Waals surface area contributed by atoms with Crippen LogP contribution in [0.1, 0.15) is 80.1 Å². The molecule has 0 heterocycles. The summed E-state index contributed by atoms with van der Waals surface area (Å²) in [7, 11) is 0. The Morgan fingerprint density at radius 3 is 1.42 bits per heavy atom. The summed E-state index contributed by atoms with van der Waals surface area (Å²) in [6, 6.07) is 0. The summed E-state index contributed by atoms with van der Waals surface area (Å²) in [5.74, 6) is 1.24. The molecule has 6 aliphatic rings. The number of rotatable bonds is 0. The van der Waals surface area contributed by atoms with Gasteiger partial charge in [-0.15, -0.1) is 11.1 Å². The van der Waals surface area contributed by atoms with Crippen LogP contribution in [0.2, 0.25) is 0 Å². The van der Waals surface area contributed by atoms with Crippen molar-refractivity contribution in [1.29, 1.82) is 0 Å². The Morgan fingerprint density at radius 2 is 1.03 bits per heavy atom. The second kappa shape index (κ2) is 8.62. The van der Waals surface area contributed by atoms with Crippen molar-refractivity contribution in [2.45, 2.75) is 80.1 Å². The average Bonchev–Trinajstić information content (AvgIpc) is 3.49. The second-order valence-corrected chi connectivity index (χ2v) is 9.97. The molecule has 0 aromatic heterocycles. The van der Waals surface area contributed by atoms with Crippen molar-refractivity contribution < 1.29 is 25.8 Å². The topological polar surface area (TPSA) is 0 Å². The third-order valence-corrected chi connectivity index (χ3v) is 8.11. The third kappa shape index (κ3) is 3.69. The standard InChI is InChI=1S/2C15H17.Hf/c2*1-9-7-14-10(2)12-5-4-6-13(12)11(3)15(14)8-9;/h2*7,11H,4-6H2,1-3H3;/q2*-1;. The van der Waals surface area contributed by atoms with Gasteiger partial charge >= 0.3 is 0 Å². The van der Waals surface area contributed by atoms with Crippen LogP contribution in [0.25, 0.3) is 0 Å². The van der Waals surface area contributed by atoms with Crippen molar-refractivity contribution >= 4 is 0 Å². The molecule has 0 aromatic rings. The van der Waals surface area contributed by atoms with Crippen molar-refractivity contribution in [3.05, 3.63) is 91.2 Å². The van der Waals surface area contributed by atoms with Gasteiger partial charge in [-0.3, -0.25) is 0 Å². The second-order valence-electron chi connectivity index (χ2n) is 9.97. The SMILES string of the molecule is CC1=CC2=C(C)C3=C(CCC3)C(C)C2=[C-]1.CC1=CC2=C(C)C3=C(CCC3)C(C)C2=[C-]1.[Hf]. The first-order valence-electron chi connectivity index (χ1n) is 11.9. The predicted octanol–water partition coefficient (Wildman–Crippen LogP) is 8.24. The molecular weight excluding hydrogens is 539 g/mol. The first-order chi connectivity index (χ1) is 14.4. The summed E-state index contributed by atoms with van der Waals surface area (Å²) in [5, 5.41) is 0. The van der Waals surface area contributed by atoms with Crippen molar-refractivity contribution in [3.8, 4) is 0 Å². The molecule has 0 bridgehead atoms. The summed E-state index contributed by atoms with van der Waals surface area (Å²) in [6.45, 7) is 13.6. The molecular formula is C30H34Hf-2. The zero-order valence-electron chi connectivity index (χ0n) is 20.1. The molecule has 0 aliphatic heterocycles. The predicted molar refractivity (Wildman–Crippen MR) is 127 cm³/mol. The fourth-order valence-corrected chi connectivity index (χ4v) is 6.54. The molecule has 0 amide bonds. The maximum absolute atomic E-state index is 3.53. The number of fused-ring (bicyclic) bond motifs is 2. The van der Waals surface area contributed by atoms with E-state index in [2.05, 4.69) is 65.8 Å². The van der Waals surface area contributed by atoms with Gasteiger partial charge in [-0.25, -0.2) is 12.2 Å². The van der Waals surface area contributed by atoms with Crippen molar-refractivity contribution in [3.63, 3.8) is 0 Å². The van der Waals surface area contributed by atoms with Crippen LogP contribution in [0.3, 0.4) is 0 Å². The van der Waals surface area contributed by atoms with Crippen molar-refractivity contribution in [1.82, 2.24) is 0 Å². The molecule has 0 saturated heterocycles. The van der Waals surface area contributed by atoms with E-state index in [1.165, 1.54) is 83.1 Å². The van der Waals surface area contributed by atoms with Gasteiger partial charge in [0.05, 0.1) is 0 Å². The first-order valence-corrected chi connectivity index (χ1v) is 11.9. The van der Waals surface area contributed by atoms with Gasteiger partial charge in [0.25, 0.3) is 0 Å². The van der Waals surface area contributed by atoms with Crippen LogP contribution in [0, 0.1) is 24.0 Å². The molecule has 0 N–H and O–H groups in total. The van der Waals surface area contributed by atoms with E-state index in [0.29, 0.717) is 11.8 Å². The van der Waals surface area contributed by atoms with Gasteiger partial charge in [-0.05, 0) is 50.4 Å². The molecule has 1 heteroatoms. The van der Waals surface area contributed by atoms with E-state index < -0.39 is 0 Å². The smallest absolute Gasteiger partial charge is 0 e. The largest absolute Gasteiger partial charge is 0.204 e. The zero-order valence-corrected chi connectivity index (χ0v) is 23.6. The molecule has 2 unspecified atom stereocenters. The van der Waals surface area contributed by atoms with Crippen molar-refractivity contribution in [2.24, 2.45) is 11.8 Å². The molecule has 0 radical (unpaired) electrons. The minimum absolute atomic E-state index is 0. The molecule has 0 nitrogen and oxygen atoms in total. The van der Waals surface area contributed by atoms with Crippen LogP contribution in [0.15, 0.2) is 79.0 Å². The maximum atomic E-state index is 3.53. The normalized spacial score (nSPS) is 28.2. The fourth-order valence-electron chi connectivity index (χ4n) is 6.54. The fraction of sp³-hybridized carbons (Fsp3) is 0.467.